The van der Waals surface area contributed by atoms with Crippen molar-refractivity contribution < 1.29 is 5.11 Å². The van der Waals surface area contributed by atoms with Crippen LogP contribution in [0.15, 0.2) is 48.5 Å². The van der Waals surface area contributed by atoms with E-state index in [4.69, 9.17) is 16.7 Å². The van der Waals surface area contributed by atoms with E-state index in [1.807, 2.05) is 53.2 Å². The van der Waals surface area contributed by atoms with E-state index in [0.29, 0.717) is 11.7 Å². The number of halogens is 1. The molecule has 2 aromatic carbocycles. The number of hydrogen-bond acceptors (Lipinski definition) is 2. The molecule has 0 saturated carbocycles. The monoisotopic (exact) mass is 272 g/mol. The molecular formula is C15H13ClN2O. The van der Waals surface area contributed by atoms with Gasteiger partial charge in [-0.2, -0.15) is 5.10 Å². The summed E-state index contributed by atoms with van der Waals surface area (Å²) in [6.45, 7) is 0.732. The third-order valence-corrected chi connectivity index (χ3v) is 3.43. The summed E-state index contributed by atoms with van der Waals surface area (Å²) in [5, 5.41) is 14.9. The molecule has 3 aromatic rings. The number of nitrogens with zero attached hydrogens (tertiary/aromatic N) is 2. The Balaban J connectivity index is 1.96. The van der Waals surface area contributed by atoms with E-state index in [2.05, 4.69) is 5.10 Å². The zero-order valence-corrected chi connectivity index (χ0v) is 11.0. The zero-order valence-electron chi connectivity index (χ0n) is 10.3. The zero-order chi connectivity index (χ0) is 13.2. The maximum Gasteiger partial charge on any atom is 0.158 e. The van der Waals surface area contributed by atoms with E-state index in [9.17, 15) is 0 Å². The summed E-state index contributed by atoms with van der Waals surface area (Å²) in [4.78, 5) is 0. The van der Waals surface area contributed by atoms with Gasteiger partial charge in [-0.05, 0) is 23.3 Å². The van der Waals surface area contributed by atoms with Crippen molar-refractivity contribution in [2.24, 2.45) is 0 Å². The average Bonchev–Trinajstić information content (AvgIpc) is 2.77. The van der Waals surface area contributed by atoms with Crippen LogP contribution in [0.3, 0.4) is 0 Å². The van der Waals surface area contributed by atoms with Crippen molar-refractivity contribution >= 4 is 22.5 Å². The van der Waals surface area contributed by atoms with E-state index < -0.39 is 0 Å². The Morgan fingerprint density at radius 1 is 1.00 bits per heavy atom. The molecule has 19 heavy (non-hydrogen) atoms. The predicted molar refractivity (Wildman–Crippen MR) is 76.2 cm³/mol. The van der Waals surface area contributed by atoms with Crippen molar-refractivity contribution in [2.75, 3.05) is 0 Å². The Labute approximate surface area is 116 Å². The van der Waals surface area contributed by atoms with Gasteiger partial charge in [0.25, 0.3) is 0 Å². The van der Waals surface area contributed by atoms with Gasteiger partial charge >= 0.3 is 0 Å². The highest BCUT2D eigenvalue weighted by Gasteiger charge is 2.08. The lowest BCUT2D eigenvalue weighted by atomic mass is 10.1. The van der Waals surface area contributed by atoms with Crippen molar-refractivity contribution in [2.45, 2.75) is 13.2 Å². The summed E-state index contributed by atoms with van der Waals surface area (Å²) in [7, 11) is 0. The van der Waals surface area contributed by atoms with Crippen LogP contribution in [0.1, 0.15) is 11.1 Å². The minimum atomic E-state index is 0.0663. The molecule has 0 unspecified atom stereocenters. The number of aliphatic hydroxyl groups is 1. The molecule has 0 amide bonds. The first-order valence-corrected chi connectivity index (χ1v) is 6.45. The van der Waals surface area contributed by atoms with Crippen LogP contribution in [0.2, 0.25) is 5.15 Å². The van der Waals surface area contributed by atoms with Gasteiger partial charge in [-0.25, -0.2) is 0 Å². The summed E-state index contributed by atoms with van der Waals surface area (Å²) in [5.74, 6) is 0. The van der Waals surface area contributed by atoms with E-state index in [-0.39, 0.29) is 6.61 Å². The van der Waals surface area contributed by atoms with Crippen LogP contribution in [0.25, 0.3) is 10.9 Å². The molecule has 0 aliphatic heterocycles. The molecule has 0 bridgehead atoms. The van der Waals surface area contributed by atoms with Crippen LogP contribution in [0.4, 0.5) is 0 Å². The Kier molecular flexibility index (Phi) is 3.23. The topological polar surface area (TPSA) is 38.0 Å². The number of aromatic nitrogens is 2. The molecule has 0 atom stereocenters. The Morgan fingerprint density at radius 2 is 1.68 bits per heavy atom. The first-order valence-electron chi connectivity index (χ1n) is 6.07. The van der Waals surface area contributed by atoms with Crippen LogP contribution in [-0.4, -0.2) is 14.9 Å². The summed E-state index contributed by atoms with van der Waals surface area (Å²) < 4.78 is 1.89. The fraction of sp³-hybridized carbons (Fsp3) is 0.133. The van der Waals surface area contributed by atoms with Crippen molar-refractivity contribution in [1.82, 2.24) is 9.78 Å². The molecule has 3 rings (SSSR count). The van der Waals surface area contributed by atoms with Gasteiger partial charge in [-0.1, -0.05) is 48.0 Å². The predicted octanol–water partition coefficient (Wildman–Crippen LogP) is 3.23. The molecular weight excluding hydrogens is 260 g/mol. The van der Waals surface area contributed by atoms with E-state index >= 15 is 0 Å². The van der Waals surface area contributed by atoms with Gasteiger partial charge in [0, 0.05) is 5.39 Å². The Hall–Kier alpha value is -1.84. The van der Waals surface area contributed by atoms with Crippen molar-refractivity contribution in [3.63, 3.8) is 0 Å². The molecule has 1 heterocycles. The smallest absolute Gasteiger partial charge is 0.158 e. The minimum Gasteiger partial charge on any atom is -0.392 e. The maximum absolute atomic E-state index is 9.03. The molecule has 4 heteroatoms. The maximum atomic E-state index is 9.03. The molecule has 0 saturated heterocycles. The number of fused-ring (bicyclic) bond motifs is 1. The summed E-state index contributed by atoms with van der Waals surface area (Å²) in [5.41, 5.74) is 3.06. The summed E-state index contributed by atoms with van der Waals surface area (Å²) in [6, 6.07) is 15.7. The normalized spacial score (nSPS) is 11.1. The molecule has 3 nitrogen and oxygen atoms in total. The second kappa shape index (κ2) is 5.03. The van der Waals surface area contributed by atoms with Gasteiger partial charge < -0.3 is 5.11 Å². The quantitative estimate of drug-likeness (QED) is 0.795. The van der Waals surface area contributed by atoms with Gasteiger partial charge in [0.15, 0.2) is 5.15 Å². The molecule has 0 aliphatic rings. The van der Waals surface area contributed by atoms with E-state index in [1.54, 1.807) is 0 Å². The molecule has 0 radical (unpaired) electrons. The first-order chi connectivity index (χ1) is 9.28. The van der Waals surface area contributed by atoms with Gasteiger partial charge in [-0.3, -0.25) is 4.68 Å². The van der Waals surface area contributed by atoms with Gasteiger partial charge in [-0.15, -0.1) is 0 Å². The highest BCUT2D eigenvalue weighted by Crippen LogP contribution is 2.23. The number of aliphatic hydroxyl groups excluding tert-OH is 1. The van der Waals surface area contributed by atoms with Crippen LogP contribution >= 0.6 is 11.6 Å². The van der Waals surface area contributed by atoms with Gasteiger partial charge in [0.05, 0.1) is 18.7 Å². The molecule has 96 valence electrons. The average molecular weight is 273 g/mol. The Morgan fingerprint density at radius 3 is 2.42 bits per heavy atom. The van der Waals surface area contributed by atoms with Crippen molar-refractivity contribution in [3.05, 3.63) is 64.8 Å². The number of rotatable bonds is 3. The number of hydrogen-bond donors (Lipinski definition) is 1. The largest absolute Gasteiger partial charge is 0.392 e. The molecule has 1 N–H and O–H groups in total. The first kappa shape index (κ1) is 12.2. The third kappa shape index (κ3) is 2.35. The lowest BCUT2D eigenvalue weighted by Gasteiger charge is -2.04. The third-order valence-electron chi connectivity index (χ3n) is 3.15. The lowest BCUT2D eigenvalue weighted by molar-refractivity contribution is 0.282. The SMILES string of the molecule is OCc1ccc(Cn2nc(Cl)c3ccccc32)cc1. The second-order valence-corrected chi connectivity index (χ2v) is 4.80. The highest BCUT2D eigenvalue weighted by molar-refractivity contribution is 6.34. The highest BCUT2D eigenvalue weighted by atomic mass is 35.5. The lowest BCUT2D eigenvalue weighted by Crippen LogP contribution is -2.01. The van der Waals surface area contributed by atoms with Crippen LogP contribution in [-0.2, 0) is 13.2 Å². The minimum absolute atomic E-state index is 0.0663. The van der Waals surface area contributed by atoms with Gasteiger partial charge in [0.2, 0.25) is 0 Å². The molecule has 0 fully saturated rings. The van der Waals surface area contributed by atoms with E-state index in [0.717, 1.165) is 22.0 Å². The van der Waals surface area contributed by atoms with Crippen LogP contribution < -0.4 is 0 Å². The fourth-order valence-corrected chi connectivity index (χ4v) is 2.38. The van der Waals surface area contributed by atoms with Crippen molar-refractivity contribution in [3.8, 4) is 0 Å². The fourth-order valence-electron chi connectivity index (χ4n) is 2.13. The van der Waals surface area contributed by atoms with Crippen molar-refractivity contribution in [1.29, 1.82) is 0 Å². The van der Waals surface area contributed by atoms with Crippen LogP contribution in [0.5, 0.6) is 0 Å². The van der Waals surface area contributed by atoms with Crippen LogP contribution in [0, 0.1) is 0 Å². The Bertz CT molecular complexity index is 704. The molecule has 0 spiro atoms. The second-order valence-electron chi connectivity index (χ2n) is 4.44. The standard InChI is InChI=1S/C15H13ClN2O/c16-15-13-3-1-2-4-14(13)18(17-15)9-11-5-7-12(10-19)8-6-11/h1-8,19H,9-10H2. The summed E-state index contributed by atoms with van der Waals surface area (Å²) >= 11 is 6.13. The number of benzene rings is 2. The molecule has 0 aliphatic carbocycles. The van der Waals surface area contributed by atoms with Gasteiger partial charge in [0.1, 0.15) is 0 Å². The van der Waals surface area contributed by atoms with E-state index in [1.165, 1.54) is 0 Å². The molecule has 1 aromatic heterocycles. The summed E-state index contributed by atoms with van der Waals surface area (Å²) in [6.07, 6.45) is 0. The number of para-hydroxylation sites is 1.